The molecule has 3 heteroatoms. The fourth-order valence-electron chi connectivity index (χ4n) is 1.13. The molecule has 0 bridgehead atoms. The van der Waals surface area contributed by atoms with Gasteiger partial charge in [-0.3, -0.25) is 4.79 Å². The van der Waals surface area contributed by atoms with Crippen molar-refractivity contribution in [3.05, 3.63) is 28.8 Å². The third kappa shape index (κ3) is 2.26. The van der Waals surface area contributed by atoms with Gasteiger partial charge in [0, 0.05) is 11.5 Å². The number of ether oxygens (including phenoxy) is 1. The summed E-state index contributed by atoms with van der Waals surface area (Å²) in [4.78, 5) is 11.6. The van der Waals surface area contributed by atoms with Crippen molar-refractivity contribution in [2.24, 2.45) is 5.92 Å². The lowest BCUT2D eigenvalue weighted by Gasteiger charge is -2.07. The Morgan fingerprint density at radius 1 is 1.43 bits per heavy atom. The van der Waals surface area contributed by atoms with E-state index >= 15 is 0 Å². The average molecular weight is 213 g/mol. The van der Waals surface area contributed by atoms with Gasteiger partial charge in [-0.25, -0.2) is 0 Å². The van der Waals surface area contributed by atoms with Crippen LogP contribution in [-0.2, 0) is 0 Å². The Bertz CT molecular complexity index is 345. The fraction of sp³-hybridized carbons (Fsp3) is 0.364. The summed E-state index contributed by atoms with van der Waals surface area (Å²) >= 11 is 5.95. The van der Waals surface area contributed by atoms with Crippen LogP contribution in [0, 0.1) is 5.92 Å². The lowest BCUT2D eigenvalue weighted by atomic mass is 10.0. The molecule has 0 atom stereocenters. The molecule has 0 saturated carbocycles. The molecule has 0 fully saturated rings. The van der Waals surface area contributed by atoms with E-state index in [0.29, 0.717) is 16.3 Å². The lowest BCUT2D eigenvalue weighted by Crippen LogP contribution is -2.07. The number of carbonyl (C=O) groups is 1. The van der Waals surface area contributed by atoms with Crippen molar-refractivity contribution in [2.75, 3.05) is 7.11 Å². The molecule has 0 saturated heterocycles. The molecule has 0 spiro atoms. The van der Waals surface area contributed by atoms with Gasteiger partial charge in [0.05, 0.1) is 12.1 Å². The van der Waals surface area contributed by atoms with Gasteiger partial charge >= 0.3 is 0 Å². The minimum absolute atomic E-state index is 0.0408. The SMILES string of the molecule is COc1ccc(C(=O)C(C)C)c(Cl)c1. The van der Waals surface area contributed by atoms with Crippen LogP contribution in [0.25, 0.3) is 0 Å². The maximum atomic E-state index is 11.6. The Labute approximate surface area is 88.8 Å². The standard InChI is InChI=1S/C11H13ClO2/c1-7(2)11(13)9-5-4-8(14-3)6-10(9)12/h4-7H,1-3H3. The zero-order chi connectivity index (χ0) is 10.7. The Hall–Kier alpha value is -1.02. The maximum Gasteiger partial charge on any atom is 0.166 e. The van der Waals surface area contributed by atoms with Gasteiger partial charge in [0.15, 0.2) is 5.78 Å². The van der Waals surface area contributed by atoms with E-state index in [2.05, 4.69) is 0 Å². The highest BCUT2D eigenvalue weighted by Crippen LogP contribution is 2.24. The quantitative estimate of drug-likeness (QED) is 0.720. The van der Waals surface area contributed by atoms with E-state index in [1.165, 1.54) is 0 Å². The molecule has 0 aliphatic rings. The second-order valence-electron chi connectivity index (χ2n) is 3.36. The number of benzene rings is 1. The minimum Gasteiger partial charge on any atom is -0.497 e. The number of Topliss-reactive ketones (excluding diaryl/α,β-unsaturated/α-hetero) is 1. The highest BCUT2D eigenvalue weighted by Gasteiger charge is 2.14. The van der Waals surface area contributed by atoms with Crippen molar-refractivity contribution in [1.29, 1.82) is 0 Å². The van der Waals surface area contributed by atoms with E-state index in [1.54, 1.807) is 25.3 Å². The summed E-state index contributed by atoms with van der Waals surface area (Å²) in [6, 6.07) is 5.09. The summed E-state index contributed by atoms with van der Waals surface area (Å²) in [5.74, 6) is 0.675. The molecule has 0 aromatic heterocycles. The molecule has 0 unspecified atom stereocenters. The molecule has 0 aliphatic heterocycles. The maximum absolute atomic E-state index is 11.6. The van der Waals surface area contributed by atoms with Crippen LogP contribution in [0.2, 0.25) is 5.02 Å². The monoisotopic (exact) mass is 212 g/mol. The number of carbonyl (C=O) groups excluding carboxylic acids is 1. The van der Waals surface area contributed by atoms with Crippen LogP contribution in [0.5, 0.6) is 5.75 Å². The van der Waals surface area contributed by atoms with Crippen molar-refractivity contribution in [3.63, 3.8) is 0 Å². The van der Waals surface area contributed by atoms with E-state index in [-0.39, 0.29) is 11.7 Å². The van der Waals surface area contributed by atoms with Gasteiger partial charge in [0.25, 0.3) is 0 Å². The van der Waals surface area contributed by atoms with E-state index in [9.17, 15) is 4.79 Å². The Morgan fingerprint density at radius 2 is 2.07 bits per heavy atom. The molecule has 1 aromatic carbocycles. The Kier molecular flexibility index (Phi) is 3.53. The first-order valence-corrected chi connectivity index (χ1v) is 4.81. The van der Waals surface area contributed by atoms with E-state index in [0.717, 1.165) is 0 Å². The summed E-state index contributed by atoms with van der Waals surface area (Å²) in [5.41, 5.74) is 0.558. The van der Waals surface area contributed by atoms with Crippen molar-refractivity contribution >= 4 is 17.4 Å². The largest absolute Gasteiger partial charge is 0.497 e. The molecular formula is C11H13ClO2. The van der Waals surface area contributed by atoms with E-state index < -0.39 is 0 Å². The third-order valence-electron chi connectivity index (χ3n) is 1.97. The third-order valence-corrected chi connectivity index (χ3v) is 2.28. The van der Waals surface area contributed by atoms with Crippen LogP contribution < -0.4 is 4.74 Å². The second kappa shape index (κ2) is 4.47. The molecule has 0 amide bonds. The highest BCUT2D eigenvalue weighted by molar-refractivity contribution is 6.34. The molecule has 0 N–H and O–H groups in total. The van der Waals surface area contributed by atoms with Crippen LogP contribution in [-0.4, -0.2) is 12.9 Å². The van der Waals surface area contributed by atoms with Crippen molar-refractivity contribution in [2.45, 2.75) is 13.8 Å². The molecule has 1 rings (SSSR count). The summed E-state index contributed by atoms with van der Waals surface area (Å²) in [7, 11) is 1.57. The van der Waals surface area contributed by atoms with Gasteiger partial charge in [-0.15, -0.1) is 0 Å². The molecular weight excluding hydrogens is 200 g/mol. The van der Waals surface area contributed by atoms with Crippen LogP contribution in [0.1, 0.15) is 24.2 Å². The second-order valence-corrected chi connectivity index (χ2v) is 3.77. The van der Waals surface area contributed by atoms with Gasteiger partial charge in [0.2, 0.25) is 0 Å². The number of hydrogen-bond donors (Lipinski definition) is 0. The van der Waals surface area contributed by atoms with Crippen LogP contribution in [0.3, 0.4) is 0 Å². The predicted octanol–water partition coefficient (Wildman–Crippen LogP) is 3.19. The first-order valence-electron chi connectivity index (χ1n) is 4.44. The predicted molar refractivity (Wildman–Crippen MR) is 57.2 cm³/mol. The average Bonchev–Trinajstić information content (AvgIpc) is 2.16. The number of rotatable bonds is 3. The van der Waals surface area contributed by atoms with Gasteiger partial charge in [-0.05, 0) is 18.2 Å². The molecule has 14 heavy (non-hydrogen) atoms. The molecule has 2 nitrogen and oxygen atoms in total. The summed E-state index contributed by atoms with van der Waals surface area (Å²) < 4.78 is 4.99. The normalized spacial score (nSPS) is 10.4. The van der Waals surface area contributed by atoms with Crippen LogP contribution in [0.15, 0.2) is 18.2 Å². The Morgan fingerprint density at radius 3 is 2.50 bits per heavy atom. The fourth-order valence-corrected chi connectivity index (χ4v) is 1.40. The van der Waals surface area contributed by atoms with E-state index in [4.69, 9.17) is 16.3 Å². The van der Waals surface area contributed by atoms with E-state index in [1.807, 2.05) is 13.8 Å². The number of methoxy groups -OCH3 is 1. The van der Waals surface area contributed by atoms with Gasteiger partial charge in [0.1, 0.15) is 5.75 Å². The minimum atomic E-state index is -0.0408. The zero-order valence-electron chi connectivity index (χ0n) is 8.50. The summed E-state index contributed by atoms with van der Waals surface area (Å²) in [5, 5.41) is 0.447. The first kappa shape index (κ1) is 11.1. The number of ketones is 1. The number of halogens is 1. The summed E-state index contributed by atoms with van der Waals surface area (Å²) in [6.45, 7) is 3.70. The van der Waals surface area contributed by atoms with Gasteiger partial charge < -0.3 is 4.74 Å². The zero-order valence-corrected chi connectivity index (χ0v) is 9.26. The van der Waals surface area contributed by atoms with Crippen molar-refractivity contribution < 1.29 is 9.53 Å². The van der Waals surface area contributed by atoms with Gasteiger partial charge in [-0.2, -0.15) is 0 Å². The van der Waals surface area contributed by atoms with Crippen LogP contribution in [0.4, 0.5) is 0 Å². The molecule has 0 radical (unpaired) electrons. The molecule has 1 aromatic rings. The molecule has 0 heterocycles. The topological polar surface area (TPSA) is 26.3 Å². The first-order chi connectivity index (χ1) is 6.56. The molecule has 76 valence electrons. The van der Waals surface area contributed by atoms with Crippen molar-refractivity contribution in [1.82, 2.24) is 0 Å². The van der Waals surface area contributed by atoms with Crippen LogP contribution >= 0.6 is 11.6 Å². The summed E-state index contributed by atoms with van der Waals surface area (Å²) in [6.07, 6.45) is 0. The van der Waals surface area contributed by atoms with Crippen molar-refractivity contribution in [3.8, 4) is 5.75 Å². The smallest absolute Gasteiger partial charge is 0.166 e. The van der Waals surface area contributed by atoms with Gasteiger partial charge in [-0.1, -0.05) is 25.4 Å². The Balaban J connectivity index is 3.06. The molecule has 0 aliphatic carbocycles. The lowest BCUT2D eigenvalue weighted by molar-refractivity contribution is 0.0939. The highest BCUT2D eigenvalue weighted by atomic mass is 35.5. The number of hydrogen-bond acceptors (Lipinski definition) is 2.